The lowest BCUT2D eigenvalue weighted by atomic mass is 10.0. The van der Waals surface area contributed by atoms with Gasteiger partial charge in [-0.3, -0.25) is 4.79 Å². The highest BCUT2D eigenvalue weighted by Crippen LogP contribution is 2.18. The van der Waals surface area contributed by atoms with E-state index in [-0.39, 0.29) is 12.5 Å². The third kappa shape index (κ3) is 4.70. The molecule has 4 heteroatoms. The number of nitrogens with zero attached hydrogens (tertiary/aromatic N) is 1. The number of amides is 1. The van der Waals surface area contributed by atoms with E-state index in [9.17, 15) is 4.79 Å². The van der Waals surface area contributed by atoms with Crippen molar-refractivity contribution in [3.05, 3.63) is 77.9 Å². The second-order valence-corrected chi connectivity index (χ2v) is 6.53. The lowest BCUT2D eigenvalue weighted by molar-refractivity contribution is -0.119. The molecule has 0 aromatic heterocycles. The standard InChI is InChI=1S/C22H23N3O/c1-16(2)18-9-7-17(8-10-18)14-24-25-22(26)15-23-21-12-11-19-5-3-4-6-20(19)13-21/h3-14,16,23H,15H2,1-2H3,(H,25,26). The first-order valence-corrected chi connectivity index (χ1v) is 8.76. The van der Waals surface area contributed by atoms with E-state index < -0.39 is 0 Å². The summed E-state index contributed by atoms with van der Waals surface area (Å²) in [5, 5.41) is 9.45. The van der Waals surface area contributed by atoms with E-state index >= 15 is 0 Å². The Morgan fingerprint density at radius 3 is 2.46 bits per heavy atom. The molecule has 2 N–H and O–H groups in total. The van der Waals surface area contributed by atoms with Gasteiger partial charge in [0, 0.05) is 5.69 Å². The fraction of sp³-hybridized carbons (Fsp3) is 0.182. The molecular weight excluding hydrogens is 322 g/mol. The quantitative estimate of drug-likeness (QED) is 0.509. The molecule has 1 amide bonds. The van der Waals surface area contributed by atoms with Crippen molar-refractivity contribution in [1.82, 2.24) is 5.43 Å². The van der Waals surface area contributed by atoms with E-state index in [1.54, 1.807) is 6.21 Å². The first kappa shape index (κ1) is 17.7. The number of anilines is 1. The molecular formula is C22H23N3O. The van der Waals surface area contributed by atoms with Crippen LogP contribution >= 0.6 is 0 Å². The lowest BCUT2D eigenvalue weighted by Crippen LogP contribution is -2.25. The topological polar surface area (TPSA) is 53.5 Å². The molecule has 0 heterocycles. The van der Waals surface area contributed by atoms with Gasteiger partial charge in [-0.15, -0.1) is 0 Å². The molecule has 0 aliphatic rings. The molecule has 3 aromatic carbocycles. The number of benzene rings is 3. The van der Waals surface area contributed by atoms with Gasteiger partial charge in [-0.1, -0.05) is 68.4 Å². The minimum absolute atomic E-state index is 0.169. The molecule has 26 heavy (non-hydrogen) atoms. The minimum Gasteiger partial charge on any atom is -0.376 e. The van der Waals surface area contributed by atoms with Crippen LogP contribution in [0.2, 0.25) is 0 Å². The van der Waals surface area contributed by atoms with Crippen molar-refractivity contribution in [3.8, 4) is 0 Å². The second-order valence-electron chi connectivity index (χ2n) is 6.53. The maximum absolute atomic E-state index is 11.9. The number of rotatable bonds is 6. The number of fused-ring (bicyclic) bond motifs is 1. The van der Waals surface area contributed by atoms with Gasteiger partial charge in [0.2, 0.25) is 0 Å². The van der Waals surface area contributed by atoms with E-state index in [1.165, 1.54) is 10.9 Å². The van der Waals surface area contributed by atoms with Crippen molar-refractivity contribution < 1.29 is 4.79 Å². The number of carbonyl (C=O) groups excluding carboxylic acids is 1. The van der Waals surface area contributed by atoms with Crippen molar-refractivity contribution in [3.63, 3.8) is 0 Å². The van der Waals surface area contributed by atoms with Gasteiger partial charge in [0.15, 0.2) is 0 Å². The third-order valence-electron chi connectivity index (χ3n) is 4.21. The fourth-order valence-corrected chi connectivity index (χ4v) is 2.67. The summed E-state index contributed by atoms with van der Waals surface area (Å²) >= 11 is 0. The molecule has 0 radical (unpaired) electrons. The summed E-state index contributed by atoms with van der Waals surface area (Å²) in [4.78, 5) is 11.9. The van der Waals surface area contributed by atoms with Crippen LogP contribution < -0.4 is 10.7 Å². The Bertz CT molecular complexity index is 914. The summed E-state index contributed by atoms with van der Waals surface area (Å²) in [6, 6.07) is 22.3. The SMILES string of the molecule is CC(C)c1ccc(C=NNC(=O)CNc2ccc3ccccc3c2)cc1. The van der Waals surface area contributed by atoms with Gasteiger partial charge in [-0.05, 0) is 39.9 Å². The Kier molecular flexibility index (Phi) is 5.64. The molecule has 132 valence electrons. The Hall–Kier alpha value is -3.14. The molecule has 0 aliphatic heterocycles. The van der Waals surface area contributed by atoms with Crippen LogP contribution in [0.5, 0.6) is 0 Å². The van der Waals surface area contributed by atoms with Gasteiger partial charge in [0.05, 0.1) is 12.8 Å². The molecule has 0 saturated heterocycles. The molecule has 3 rings (SSSR count). The van der Waals surface area contributed by atoms with Gasteiger partial charge < -0.3 is 5.32 Å². The van der Waals surface area contributed by atoms with Crippen molar-refractivity contribution >= 4 is 28.6 Å². The summed E-state index contributed by atoms with van der Waals surface area (Å²) in [6.07, 6.45) is 1.65. The van der Waals surface area contributed by atoms with Crippen molar-refractivity contribution in [2.75, 3.05) is 11.9 Å². The summed E-state index contributed by atoms with van der Waals surface area (Å²) in [7, 11) is 0. The Balaban J connectivity index is 1.50. The van der Waals surface area contributed by atoms with Crippen LogP contribution in [0.1, 0.15) is 30.9 Å². The van der Waals surface area contributed by atoms with E-state index in [4.69, 9.17) is 0 Å². The maximum Gasteiger partial charge on any atom is 0.259 e. The molecule has 3 aromatic rings. The molecule has 4 nitrogen and oxygen atoms in total. The number of hydrogen-bond donors (Lipinski definition) is 2. The molecule has 0 atom stereocenters. The van der Waals surface area contributed by atoms with Crippen molar-refractivity contribution in [2.45, 2.75) is 19.8 Å². The number of nitrogens with one attached hydrogen (secondary N) is 2. The number of hydrazone groups is 1. The van der Waals surface area contributed by atoms with Crippen LogP contribution in [0.15, 0.2) is 71.8 Å². The van der Waals surface area contributed by atoms with E-state index in [2.05, 4.69) is 54.0 Å². The Morgan fingerprint density at radius 2 is 1.73 bits per heavy atom. The summed E-state index contributed by atoms with van der Waals surface area (Å²) in [6.45, 7) is 4.49. The highest BCUT2D eigenvalue weighted by atomic mass is 16.2. The van der Waals surface area contributed by atoms with Crippen LogP contribution in [0.3, 0.4) is 0 Å². The van der Waals surface area contributed by atoms with Crippen LogP contribution in [0.4, 0.5) is 5.69 Å². The first-order valence-electron chi connectivity index (χ1n) is 8.76. The van der Waals surface area contributed by atoms with E-state index in [0.29, 0.717) is 5.92 Å². The highest BCUT2D eigenvalue weighted by Gasteiger charge is 2.01. The van der Waals surface area contributed by atoms with E-state index in [1.807, 2.05) is 42.5 Å². The second kappa shape index (κ2) is 8.30. The zero-order valence-corrected chi connectivity index (χ0v) is 15.1. The molecule has 0 unspecified atom stereocenters. The average molecular weight is 345 g/mol. The van der Waals surface area contributed by atoms with Crippen molar-refractivity contribution in [2.24, 2.45) is 5.10 Å². The first-order chi connectivity index (χ1) is 12.6. The van der Waals surface area contributed by atoms with Crippen LogP contribution in [-0.2, 0) is 4.79 Å². The van der Waals surface area contributed by atoms with Crippen LogP contribution in [0, 0.1) is 0 Å². The number of hydrogen-bond acceptors (Lipinski definition) is 3. The number of carbonyl (C=O) groups is 1. The summed E-state index contributed by atoms with van der Waals surface area (Å²) < 4.78 is 0. The molecule has 0 fully saturated rings. The predicted molar refractivity (Wildman–Crippen MR) is 109 cm³/mol. The smallest absolute Gasteiger partial charge is 0.259 e. The molecule has 0 bridgehead atoms. The van der Waals surface area contributed by atoms with E-state index in [0.717, 1.165) is 16.6 Å². The molecule has 0 spiro atoms. The fourth-order valence-electron chi connectivity index (χ4n) is 2.67. The summed E-state index contributed by atoms with van der Waals surface area (Å²) in [5.41, 5.74) is 5.69. The van der Waals surface area contributed by atoms with Gasteiger partial charge >= 0.3 is 0 Å². The van der Waals surface area contributed by atoms with Crippen molar-refractivity contribution in [1.29, 1.82) is 0 Å². The van der Waals surface area contributed by atoms with Crippen LogP contribution in [0.25, 0.3) is 10.8 Å². The van der Waals surface area contributed by atoms with Gasteiger partial charge in [-0.25, -0.2) is 5.43 Å². The maximum atomic E-state index is 11.9. The zero-order valence-electron chi connectivity index (χ0n) is 15.1. The normalized spacial score (nSPS) is 11.2. The minimum atomic E-state index is -0.187. The average Bonchev–Trinajstić information content (AvgIpc) is 2.66. The monoisotopic (exact) mass is 345 g/mol. The Morgan fingerprint density at radius 1 is 1.00 bits per heavy atom. The predicted octanol–water partition coefficient (Wildman–Crippen LogP) is 4.53. The van der Waals surface area contributed by atoms with Gasteiger partial charge in [0.25, 0.3) is 5.91 Å². The van der Waals surface area contributed by atoms with Crippen LogP contribution in [-0.4, -0.2) is 18.7 Å². The summed E-state index contributed by atoms with van der Waals surface area (Å²) in [5.74, 6) is 0.315. The third-order valence-corrected chi connectivity index (χ3v) is 4.21. The lowest BCUT2D eigenvalue weighted by Gasteiger charge is -2.07. The van der Waals surface area contributed by atoms with Gasteiger partial charge in [-0.2, -0.15) is 5.10 Å². The zero-order chi connectivity index (χ0) is 18.4. The van der Waals surface area contributed by atoms with Gasteiger partial charge in [0.1, 0.15) is 0 Å². The Labute approximate surface area is 153 Å². The largest absolute Gasteiger partial charge is 0.376 e. The molecule has 0 aliphatic carbocycles. The highest BCUT2D eigenvalue weighted by molar-refractivity contribution is 5.87. The molecule has 0 saturated carbocycles.